The van der Waals surface area contributed by atoms with Gasteiger partial charge in [-0.25, -0.2) is 4.98 Å². The van der Waals surface area contributed by atoms with Gasteiger partial charge in [0.15, 0.2) is 0 Å². The van der Waals surface area contributed by atoms with E-state index < -0.39 is 0 Å². The molecule has 138 valence electrons. The van der Waals surface area contributed by atoms with E-state index in [4.69, 9.17) is 16.3 Å². The smallest absolute Gasteiger partial charge is 0.270 e. The fraction of sp³-hybridized carbons (Fsp3) is 0.400. The summed E-state index contributed by atoms with van der Waals surface area (Å²) in [7, 11) is 1.58. The van der Waals surface area contributed by atoms with Crippen LogP contribution >= 0.6 is 11.6 Å². The van der Waals surface area contributed by atoms with Crippen molar-refractivity contribution in [2.45, 2.75) is 44.6 Å². The number of aromatic nitrogens is 1. The van der Waals surface area contributed by atoms with Gasteiger partial charge < -0.3 is 15.4 Å². The Morgan fingerprint density at radius 2 is 1.85 bits per heavy atom. The second-order valence-electron chi connectivity index (χ2n) is 6.57. The fourth-order valence-corrected chi connectivity index (χ4v) is 3.45. The van der Waals surface area contributed by atoms with Crippen LogP contribution in [0.5, 0.6) is 5.75 Å². The Labute approximate surface area is 159 Å². The van der Waals surface area contributed by atoms with Gasteiger partial charge in [-0.15, -0.1) is 0 Å². The van der Waals surface area contributed by atoms with E-state index >= 15 is 0 Å². The molecule has 6 heteroatoms. The number of rotatable bonds is 5. The van der Waals surface area contributed by atoms with Crippen molar-refractivity contribution in [1.82, 2.24) is 10.3 Å². The van der Waals surface area contributed by atoms with Crippen LogP contribution in [0.1, 0.15) is 49.0 Å². The minimum atomic E-state index is -0.101. The molecule has 1 heterocycles. The minimum Gasteiger partial charge on any atom is -0.495 e. The van der Waals surface area contributed by atoms with Crippen LogP contribution in [-0.4, -0.2) is 24.0 Å². The lowest BCUT2D eigenvalue weighted by Crippen LogP contribution is -2.34. The zero-order valence-electron chi connectivity index (χ0n) is 14.9. The number of nitrogens with one attached hydrogen (secondary N) is 2. The summed E-state index contributed by atoms with van der Waals surface area (Å²) >= 11 is 6.13. The number of anilines is 2. The molecule has 0 radical (unpaired) electrons. The third kappa shape index (κ3) is 4.88. The molecule has 1 amide bonds. The summed E-state index contributed by atoms with van der Waals surface area (Å²) in [5.41, 5.74) is 2.05. The molecule has 5 nitrogen and oxygen atoms in total. The molecular weight excluding hydrogens is 350 g/mol. The highest BCUT2D eigenvalue weighted by molar-refractivity contribution is 6.32. The first-order valence-electron chi connectivity index (χ1n) is 9.03. The highest BCUT2D eigenvalue weighted by Crippen LogP contribution is 2.28. The van der Waals surface area contributed by atoms with Crippen LogP contribution in [0, 0.1) is 0 Å². The van der Waals surface area contributed by atoms with Crippen molar-refractivity contribution in [3.05, 3.63) is 47.2 Å². The second-order valence-corrected chi connectivity index (χ2v) is 6.98. The van der Waals surface area contributed by atoms with E-state index in [1.807, 2.05) is 12.1 Å². The van der Waals surface area contributed by atoms with Crippen molar-refractivity contribution in [1.29, 1.82) is 0 Å². The maximum atomic E-state index is 12.4. The topological polar surface area (TPSA) is 63.2 Å². The molecule has 0 saturated heterocycles. The molecule has 3 rings (SSSR count). The molecule has 2 N–H and O–H groups in total. The monoisotopic (exact) mass is 373 g/mol. The minimum absolute atomic E-state index is 0.101. The zero-order valence-corrected chi connectivity index (χ0v) is 15.7. The number of benzene rings is 1. The molecule has 1 aromatic heterocycles. The number of pyridine rings is 1. The van der Waals surface area contributed by atoms with E-state index in [0.29, 0.717) is 16.5 Å². The number of carbonyl (C=O) groups is 1. The number of ether oxygens (including phenoxy) is 1. The predicted molar refractivity (Wildman–Crippen MR) is 104 cm³/mol. The molecule has 1 aliphatic carbocycles. The summed E-state index contributed by atoms with van der Waals surface area (Å²) in [4.78, 5) is 16.7. The average Bonchev–Trinajstić information content (AvgIpc) is 2.91. The van der Waals surface area contributed by atoms with Crippen LogP contribution in [0.4, 0.5) is 11.4 Å². The van der Waals surface area contributed by atoms with Crippen molar-refractivity contribution in [2.24, 2.45) is 0 Å². The van der Waals surface area contributed by atoms with Gasteiger partial charge in [0.25, 0.3) is 5.91 Å². The molecule has 1 fully saturated rings. The van der Waals surface area contributed by atoms with Crippen LogP contribution in [0.25, 0.3) is 0 Å². The van der Waals surface area contributed by atoms with Gasteiger partial charge in [0.05, 0.1) is 24.0 Å². The summed E-state index contributed by atoms with van der Waals surface area (Å²) in [6.07, 6.45) is 8.67. The van der Waals surface area contributed by atoms with E-state index in [1.54, 1.807) is 31.5 Å². The second kappa shape index (κ2) is 8.90. The van der Waals surface area contributed by atoms with Crippen molar-refractivity contribution in [2.75, 3.05) is 12.4 Å². The predicted octanol–water partition coefficient (Wildman–Crippen LogP) is 4.94. The molecule has 1 aliphatic rings. The summed E-state index contributed by atoms with van der Waals surface area (Å²) in [6, 6.07) is 9.30. The van der Waals surface area contributed by atoms with E-state index in [-0.39, 0.29) is 11.9 Å². The van der Waals surface area contributed by atoms with Gasteiger partial charge in [0.1, 0.15) is 11.4 Å². The van der Waals surface area contributed by atoms with E-state index in [0.717, 1.165) is 24.2 Å². The van der Waals surface area contributed by atoms with Crippen LogP contribution in [0.15, 0.2) is 36.5 Å². The molecular formula is C20H24ClN3O2. The SMILES string of the molecule is COc1ccc(Nc2ccc(C(=O)NC3CCCCCC3)nc2)cc1Cl. The van der Waals surface area contributed by atoms with Crippen molar-refractivity contribution >= 4 is 28.9 Å². The first-order valence-corrected chi connectivity index (χ1v) is 9.41. The quantitative estimate of drug-likeness (QED) is 0.728. The average molecular weight is 374 g/mol. The lowest BCUT2D eigenvalue weighted by Gasteiger charge is -2.16. The highest BCUT2D eigenvalue weighted by atomic mass is 35.5. The molecule has 2 aromatic rings. The maximum Gasteiger partial charge on any atom is 0.270 e. The molecule has 1 aromatic carbocycles. The van der Waals surface area contributed by atoms with E-state index in [1.165, 1.54) is 25.7 Å². The van der Waals surface area contributed by atoms with Gasteiger partial charge >= 0.3 is 0 Å². The van der Waals surface area contributed by atoms with Crippen LogP contribution in [0.2, 0.25) is 5.02 Å². The van der Waals surface area contributed by atoms with Crippen molar-refractivity contribution < 1.29 is 9.53 Å². The maximum absolute atomic E-state index is 12.4. The van der Waals surface area contributed by atoms with Crippen molar-refractivity contribution in [3.8, 4) is 5.75 Å². The number of nitrogens with zero attached hydrogens (tertiary/aromatic N) is 1. The Balaban J connectivity index is 1.60. The number of methoxy groups -OCH3 is 1. The van der Waals surface area contributed by atoms with Crippen molar-refractivity contribution in [3.63, 3.8) is 0 Å². The summed E-state index contributed by atoms with van der Waals surface area (Å²) in [5.74, 6) is 0.525. The van der Waals surface area contributed by atoms with Gasteiger partial charge in [-0.3, -0.25) is 4.79 Å². The summed E-state index contributed by atoms with van der Waals surface area (Å²) in [6.45, 7) is 0. The Bertz CT molecular complexity index is 741. The van der Waals surface area contributed by atoms with Gasteiger partial charge in [-0.2, -0.15) is 0 Å². The number of amides is 1. The Morgan fingerprint density at radius 3 is 2.46 bits per heavy atom. The number of hydrogen-bond acceptors (Lipinski definition) is 4. The normalized spacial score (nSPS) is 15.2. The number of hydrogen-bond donors (Lipinski definition) is 2. The molecule has 26 heavy (non-hydrogen) atoms. The lowest BCUT2D eigenvalue weighted by molar-refractivity contribution is 0.0928. The first kappa shape index (κ1) is 18.5. The summed E-state index contributed by atoms with van der Waals surface area (Å²) in [5, 5.41) is 6.86. The third-order valence-electron chi connectivity index (χ3n) is 4.63. The zero-order chi connectivity index (χ0) is 18.4. The Morgan fingerprint density at radius 1 is 1.12 bits per heavy atom. The number of carbonyl (C=O) groups excluding carboxylic acids is 1. The van der Waals surface area contributed by atoms with Gasteiger partial charge in [-0.1, -0.05) is 37.3 Å². The van der Waals surface area contributed by atoms with E-state index in [2.05, 4.69) is 15.6 Å². The molecule has 0 atom stereocenters. The molecule has 1 saturated carbocycles. The molecule has 0 spiro atoms. The largest absolute Gasteiger partial charge is 0.495 e. The fourth-order valence-electron chi connectivity index (χ4n) is 3.20. The van der Waals surface area contributed by atoms with Gasteiger partial charge in [0, 0.05) is 11.7 Å². The molecule has 0 unspecified atom stereocenters. The first-order chi connectivity index (χ1) is 12.7. The highest BCUT2D eigenvalue weighted by Gasteiger charge is 2.16. The summed E-state index contributed by atoms with van der Waals surface area (Å²) < 4.78 is 5.15. The Kier molecular flexibility index (Phi) is 6.34. The number of halogens is 1. The molecule has 0 bridgehead atoms. The van der Waals surface area contributed by atoms with Crippen LogP contribution in [0.3, 0.4) is 0 Å². The van der Waals surface area contributed by atoms with Gasteiger partial charge in [-0.05, 0) is 43.2 Å². The Hall–Kier alpha value is -2.27. The van der Waals surface area contributed by atoms with Crippen LogP contribution in [-0.2, 0) is 0 Å². The third-order valence-corrected chi connectivity index (χ3v) is 4.92. The van der Waals surface area contributed by atoms with Gasteiger partial charge in [0.2, 0.25) is 0 Å². The van der Waals surface area contributed by atoms with E-state index in [9.17, 15) is 4.79 Å². The lowest BCUT2D eigenvalue weighted by atomic mass is 10.1. The molecule has 0 aliphatic heterocycles. The standard InChI is InChI=1S/C20H24ClN3O2/c1-26-19-11-9-15(12-17(19)21)23-16-8-10-18(22-13-16)20(25)24-14-6-4-2-3-5-7-14/h8-14,23H,2-7H2,1H3,(H,24,25). The van der Waals surface area contributed by atoms with Crippen LogP contribution < -0.4 is 15.4 Å².